The maximum atomic E-state index is 6.41. The van der Waals surface area contributed by atoms with Crippen LogP contribution in [0.3, 0.4) is 0 Å². The van der Waals surface area contributed by atoms with E-state index in [0.29, 0.717) is 40.9 Å². The van der Waals surface area contributed by atoms with E-state index in [2.05, 4.69) is 38.4 Å². The second kappa shape index (κ2) is 10.1. The molecule has 2 aliphatic carbocycles. The van der Waals surface area contributed by atoms with Gasteiger partial charge in [-0.2, -0.15) is 9.97 Å². The van der Waals surface area contributed by atoms with Crippen LogP contribution in [-0.2, 0) is 11.3 Å². The number of halogens is 1. The number of ether oxygens (including phenoxy) is 1. The van der Waals surface area contributed by atoms with E-state index in [1.165, 1.54) is 38.5 Å². The van der Waals surface area contributed by atoms with Crippen LogP contribution in [0.5, 0.6) is 0 Å². The number of hydrogen-bond acceptors (Lipinski definition) is 9. The number of nitrogens with zero attached hydrogens (tertiary/aromatic N) is 8. The molecule has 0 N–H and O–H groups in total. The summed E-state index contributed by atoms with van der Waals surface area (Å²) >= 11 is 6.41. The van der Waals surface area contributed by atoms with E-state index in [1.54, 1.807) is 12.4 Å². The third-order valence-electron chi connectivity index (χ3n) is 8.73. The lowest BCUT2D eigenvalue weighted by Crippen LogP contribution is -2.54. The molecule has 5 heterocycles. The first-order valence-electron chi connectivity index (χ1n) is 14.1. The van der Waals surface area contributed by atoms with E-state index >= 15 is 0 Å². The van der Waals surface area contributed by atoms with E-state index in [9.17, 15) is 0 Å². The number of aromatic nitrogens is 7. The molecule has 11 heteroatoms. The smallest absolute Gasteiger partial charge is 0.240 e. The summed E-state index contributed by atoms with van der Waals surface area (Å²) in [5.74, 6) is 2.99. The van der Waals surface area contributed by atoms with Crippen LogP contribution in [0.4, 0.5) is 5.95 Å². The fraction of sp³-hybridized carbons (Fsp3) is 0.571. The predicted molar refractivity (Wildman–Crippen MR) is 147 cm³/mol. The molecule has 0 amide bonds. The minimum absolute atomic E-state index is 0.201. The second-order valence-corrected chi connectivity index (χ2v) is 11.9. The average molecular weight is 549 g/mol. The quantitative estimate of drug-likeness (QED) is 0.316. The Morgan fingerprint density at radius 3 is 2.67 bits per heavy atom. The zero-order valence-corrected chi connectivity index (χ0v) is 23.1. The van der Waals surface area contributed by atoms with Gasteiger partial charge in [-0.3, -0.25) is 4.98 Å². The molecule has 1 aliphatic heterocycles. The molecule has 0 radical (unpaired) electrons. The van der Waals surface area contributed by atoms with Crippen molar-refractivity contribution < 1.29 is 9.26 Å². The minimum atomic E-state index is 0.201. The molecule has 4 aromatic heterocycles. The van der Waals surface area contributed by atoms with Gasteiger partial charge in [-0.05, 0) is 56.9 Å². The maximum Gasteiger partial charge on any atom is 0.240 e. The van der Waals surface area contributed by atoms with Gasteiger partial charge in [0.1, 0.15) is 11.2 Å². The SMILES string of the molecule is CC1CO[C@@H]2CCC[C@H]2N1c1nc2nc(-c3ncon3)nc(-c3cncc(Cl)c3)c2n1C[C@H]1CC[C@H](C)CC1. The number of rotatable bonds is 5. The standard InChI is InChI=1S/C28H33ClN8O2/c1-16-6-8-18(9-7-16)13-36-24-23(19-10-20(29)12-30-11-19)32-27(26-31-15-39-35-26)33-25(24)34-28(36)37-17(2)14-38-22-5-3-4-21(22)37/h10-12,15-18,21-22H,3-9,13-14H2,1-2H3/t16-,17?,18-,21-,22-/m1/s1. The summed E-state index contributed by atoms with van der Waals surface area (Å²) < 4.78 is 13.7. The van der Waals surface area contributed by atoms with Gasteiger partial charge in [0.15, 0.2) is 5.65 Å². The molecular formula is C28H33ClN8O2. The molecule has 0 bridgehead atoms. The van der Waals surface area contributed by atoms with Crippen LogP contribution in [0.25, 0.3) is 34.1 Å². The molecule has 204 valence electrons. The molecule has 0 aromatic carbocycles. The summed E-state index contributed by atoms with van der Waals surface area (Å²) in [6, 6.07) is 2.39. The first-order valence-corrected chi connectivity index (χ1v) is 14.5. The van der Waals surface area contributed by atoms with Gasteiger partial charge in [0.2, 0.25) is 24.0 Å². The highest BCUT2D eigenvalue weighted by atomic mass is 35.5. The fourth-order valence-corrected chi connectivity index (χ4v) is 6.88. The van der Waals surface area contributed by atoms with Gasteiger partial charge in [-0.25, -0.2) is 9.97 Å². The van der Waals surface area contributed by atoms with Crippen molar-refractivity contribution in [1.29, 1.82) is 0 Å². The molecular weight excluding hydrogens is 516 g/mol. The van der Waals surface area contributed by atoms with Gasteiger partial charge in [0, 0.05) is 24.5 Å². The van der Waals surface area contributed by atoms with Crippen molar-refractivity contribution >= 4 is 28.7 Å². The molecule has 1 saturated heterocycles. The van der Waals surface area contributed by atoms with Gasteiger partial charge in [-0.1, -0.05) is 36.5 Å². The number of pyridine rings is 1. The van der Waals surface area contributed by atoms with Crippen LogP contribution >= 0.6 is 11.6 Å². The van der Waals surface area contributed by atoms with Crippen molar-refractivity contribution in [3.63, 3.8) is 0 Å². The van der Waals surface area contributed by atoms with E-state index in [0.717, 1.165) is 48.0 Å². The number of fused-ring (bicyclic) bond motifs is 2. The van der Waals surface area contributed by atoms with Crippen LogP contribution in [0.1, 0.15) is 58.8 Å². The van der Waals surface area contributed by atoms with Gasteiger partial charge >= 0.3 is 0 Å². The van der Waals surface area contributed by atoms with Crippen LogP contribution in [0.2, 0.25) is 5.02 Å². The molecule has 3 aliphatic rings. The largest absolute Gasteiger partial charge is 0.374 e. The van der Waals surface area contributed by atoms with Gasteiger partial charge in [0.05, 0.1) is 29.8 Å². The van der Waals surface area contributed by atoms with Crippen molar-refractivity contribution in [3.05, 3.63) is 29.9 Å². The first-order chi connectivity index (χ1) is 19.0. The molecule has 2 saturated carbocycles. The highest BCUT2D eigenvalue weighted by Gasteiger charge is 2.42. The lowest BCUT2D eigenvalue weighted by molar-refractivity contribution is 0.00642. The van der Waals surface area contributed by atoms with Gasteiger partial charge < -0.3 is 18.7 Å². The summed E-state index contributed by atoms with van der Waals surface area (Å²) in [5, 5.41) is 4.55. The van der Waals surface area contributed by atoms with E-state index < -0.39 is 0 Å². The molecule has 4 aromatic rings. The molecule has 10 nitrogen and oxygen atoms in total. The maximum absolute atomic E-state index is 6.41. The van der Waals surface area contributed by atoms with Crippen LogP contribution in [-0.4, -0.2) is 59.4 Å². The third kappa shape index (κ3) is 4.57. The Kier molecular flexibility index (Phi) is 6.47. The highest BCUT2D eigenvalue weighted by molar-refractivity contribution is 6.30. The van der Waals surface area contributed by atoms with Crippen molar-refractivity contribution in [2.24, 2.45) is 11.8 Å². The minimum Gasteiger partial charge on any atom is -0.374 e. The molecule has 39 heavy (non-hydrogen) atoms. The Labute approximate surface area is 232 Å². The van der Waals surface area contributed by atoms with Crippen molar-refractivity contribution in [1.82, 2.24) is 34.6 Å². The zero-order valence-electron chi connectivity index (χ0n) is 22.3. The molecule has 1 unspecified atom stereocenters. The van der Waals surface area contributed by atoms with Crippen LogP contribution in [0.15, 0.2) is 29.4 Å². The average Bonchev–Trinajstić information content (AvgIpc) is 3.70. The lowest BCUT2D eigenvalue weighted by Gasteiger charge is -2.43. The second-order valence-electron chi connectivity index (χ2n) is 11.5. The molecule has 3 fully saturated rings. The zero-order chi connectivity index (χ0) is 26.5. The number of anilines is 1. The summed E-state index contributed by atoms with van der Waals surface area (Å²) in [6.07, 6.45) is 13.2. The number of hydrogen-bond donors (Lipinski definition) is 0. The Balaban J connectivity index is 1.45. The summed E-state index contributed by atoms with van der Waals surface area (Å²) in [6.45, 7) is 6.16. The highest BCUT2D eigenvalue weighted by Crippen LogP contribution is 2.40. The van der Waals surface area contributed by atoms with Crippen molar-refractivity contribution in [2.75, 3.05) is 11.5 Å². The fourth-order valence-electron chi connectivity index (χ4n) is 6.71. The Morgan fingerprint density at radius 1 is 1.00 bits per heavy atom. The summed E-state index contributed by atoms with van der Waals surface area (Å²) in [7, 11) is 0. The Bertz CT molecular complexity index is 1470. The first kappa shape index (κ1) is 24.9. The van der Waals surface area contributed by atoms with Crippen molar-refractivity contribution in [2.45, 2.75) is 83.5 Å². The van der Waals surface area contributed by atoms with E-state index in [-0.39, 0.29) is 12.1 Å². The van der Waals surface area contributed by atoms with E-state index in [4.69, 9.17) is 35.8 Å². The molecule has 7 rings (SSSR count). The van der Waals surface area contributed by atoms with Crippen LogP contribution in [0, 0.1) is 11.8 Å². The summed E-state index contributed by atoms with van der Waals surface area (Å²) in [5.41, 5.74) is 3.04. The third-order valence-corrected chi connectivity index (χ3v) is 8.94. The van der Waals surface area contributed by atoms with Crippen LogP contribution < -0.4 is 4.90 Å². The number of morpholine rings is 1. The van der Waals surface area contributed by atoms with E-state index in [1.807, 2.05) is 6.07 Å². The van der Waals surface area contributed by atoms with Crippen molar-refractivity contribution in [3.8, 4) is 22.9 Å². The molecule has 0 spiro atoms. The normalized spacial score (nSPS) is 27.3. The van der Waals surface area contributed by atoms with Gasteiger partial charge in [-0.15, -0.1) is 0 Å². The Morgan fingerprint density at radius 2 is 1.87 bits per heavy atom. The molecule has 3 atom stereocenters. The topological polar surface area (TPSA) is 108 Å². The lowest BCUT2D eigenvalue weighted by atomic mass is 9.83. The monoisotopic (exact) mass is 548 g/mol. The number of imidazole rings is 1. The summed E-state index contributed by atoms with van der Waals surface area (Å²) in [4.78, 5) is 26.2. The van der Waals surface area contributed by atoms with Gasteiger partial charge in [0.25, 0.3) is 0 Å². The Hall–Kier alpha value is -3.11. The predicted octanol–water partition coefficient (Wildman–Crippen LogP) is 5.56.